The van der Waals surface area contributed by atoms with E-state index in [1.807, 2.05) is 36.4 Å². The van der Waals surface area contributed by atoms with Gasteiger partial charge in [-0.15, -0.1) is 0 Å². The third-order valence-electron chi connectivity index (χ3n) is 6.92. The summed E-state index contributed by atoms with van der Waals surface area (Å²) in [5, 5.41) is 12.9. The van der Waals surface area contributed by atoms with E-state index in [-0.39, 0.29) is 5.91 Å². The smallest absolute Gasteiger partial charge is 0.251 e. The number of anilines is 3. The first-order valence-corrected chi connectivity index (χ1v) is 14.8. The third-order valence-corrected chi connectivity index (χ3v) is 6.92. The molecule has 0 atom stereocenters. The van der Waals surface area contributed by atoms with Crippen LogP contribution in [0.5, 0.6) is 0 Å². The van der Waals surface area contributed by atoms with Crippen LogP contribution in [0.4, 0.5) is 17.8 Å². The van der Waals surface area contributed by atoms with Crippen molar-refractivity contribution in [2.24, 2.45) is 5.92 Å². The van der Waals surface area contributed by atoms with Gasteiger partial charge in [0.05, 0.1) is 26.4 Å². The largest absolute Gasteiger partial charge is 0.377 e. The zero-order valence-corrected chi connectivity index (χ0v) is 23.8. The average Bonchev–Trinajstić information content (AvgIpc) is 3.02. The highest BCUT2D eigenvalue weighted by Crippen LogP contribution is 2.23. The van der Waals surface area contributed by atoms with Crippen molar-refractivity contribution < 1.29 is 14.3 Å². The number of rotatable bonds is 18. The Bertz CT molecular complexity index is 1140. The summed E-state index contributed by atoms with van der Waals surface area (Å²) in [6.07, 6.45) is 7.35. The van der Waals surface area contributed by atoms with Gasteiger partial charge in [-0.1, -0.05) is 67.8 Å². The lowest BCUT2D eigenvalue weighted by Crippen LogP contribution is -2.27. The van der Waals surface area contributed by atoms with Gasteiger partial charge in [0.2, 0.25) is 17.8 Å². The molecule has 1 aliphatic carbocycles. The van der Waals surface area contributed by atoms with Crippen LogP contribution in [0.1, 0.15) is 48.0 Å². The van der Waals surface area contributed by atoms with Gasteiger partial charge in [0.15, 0.2) is 0 Å². The van der Waals surface area contributed by atoms with Crippen LogP contribution in [0.15, 0.2) is 60.7 Å². The molecule has 1 fully saturated rings. The predicted octanol–water partition coefficient (Wildman–Crippen LogP) is 4.39. The maximum Gasteiger partial charge on any atom is 0.251 e. The van der Waals surface area contributed by atoms with E-state index in [1.165, 1.54) is 37.7 Å². The van der Waals surface area contributed by atoms with Crippen molar-refractivity contribution in [1.29, 1.82) is 0 Å². The topological polar surface area (TPSA) is 122 Å². The van der Waals surface area contributed by atoms with Gasteiger partial charge >= 0.3 is 0 Å². The first kappa shape index (κ1) is 30.2. The molecule has 4 N–H and O–H groups in total. The van der Waals surface area contributed by atoms with Crippen LogP contribution in [-0.2, 0) is 15.9 Å². The quantitative estimate of drug-likeness (QED) is 0.167. The summed E-state index contributed by atoms with van der Waals surface area (Å²) in [5.41, 5.74) is 1.91. The molecule has 1 heterocycles. The molecule has 1 aliphatic rings. The lowest BCUT2D eigenvalue weighted by atomic mass is 9.89. The molecule has 0 bridgehead atoms. The highest BCUT2D eigenvalue weighted by Gasteiger charge is 2.14. The van der Waals surface area contributed by atoms with E-state index in [4.69, 9.17) is 9.47 Å². The van der Waals surface area contributed by atoms with Gasteiger partial charge < -0.3 is 30.7 Å². The minimum absolute atomic E-state index is 0.100. The van der Waals surface area contributed by atoms with E-state index in [1.54, 1.807) is 12.1 Å². The Labute approximate surface area is 243 Å². The van der Waals surface area contributed by atoms with Crippen LogP contribution in [0, 0.1) is 5.92 Å². The number of carbonyl (C=O) groups excluding carboxylic acids is 1. The van der Waals surface area contributed by atoms with Gasteiger partial charge in [0.25, 0.3) is 5.91 Å². The van der Waals surface area contributed by atoms with E-state index in [2.05, 4.69) is 48.4 Å². The zero-order chi connectivity index (χ0) is 28.4. The molecule has 0 aliphatic heterocycles. The minimum atomic E-state index is -0.100. The van der Waals surface area contributed by atoms with Crippen molar-refractivity contribution in [3.05, 3.63) is 71.8 Å². The normalized spacial score (nSPS) is 13.5. The number of aromatic nitrogens is 3. The molecule has 2 aromatic carbocycles. The summed E-state index contributed by atoms with van der Waals surface area (Å²) in [7, 11) is 0. The van der Waals surface area contributed by atoms with Crippen LogP contribution in [-0.4, -0.2) is 73.5 Å². The summed E-state index contributed by atoms with van der Waals surface area (Å²) in [4.78, 5) is 25.8. The molecule has 4 rings (SSSR count). The third kappa shape index (κ3) is 11.7. The Morgan fingerprint density at radius 2 is 1.27 bits per heavy atom. The minimum Gasteiger partial charge on any atom is -0.377 e. The zero-order valence-electron chi connectivity index (χ0n) is 23.8. The van der Waals surface area contributed by atoms with Crippen molar-refractivity contribution in [1.82, 2.24) is 20.3 Å². The van der Waals surface area contributed by atoms with E-state index in [9.17, 15) is 4.79 Å². The Balaban J connectivity index is 1.14. The first-order chi connectivity index (χ1) is 20.3. The van der Waals surface area contributed by atoms with Gasteiger partial charge in [0, 0.05) is 31.7 Å². The molecule has 220 valence electrons. The molecule has 1 saturated carbocycles. The molecule has 1 aromatic heterocycles. The van der Waals surface area contributed by atoms with Gasteiger partial charge in [0.1, 0.15) is 0 Å². The van der Waals surface area contributed by atoms with Crippen LogP contribution in [0.2, 0.25) is 0 Å². The monoisotopic (exact) mass is 561 g/mol. The van der Waals surface area contributed by atoms with Gasteiger partial charge in [-0.3, -0.25) is 4.79 Å². The summed E-state index contributed by atoms with van der Waals surface area (Å²) in [6.45, 7) is 4.46. The highest BCUT2D eigenvalue weighted by molar-refractivity contribution is 5.94. The molecule has 3 aromatic rings. The van der Waals surface area contributed by atoms with Crippen LogP contribution < -0.4 is 21.3 Å². The Hall–Kier alpha value is -3.76. The average molecular weight is 562 g/mol. The van der Waals surface area contributed by atoms with Gasteiger partial charge in [-0.2, -0.15) is 15.0 Å². The van der Waals surface area contributed by atoms with Crippen LogP contribution in [0.25, 0.3) is 0 Å². The Morgan fingerprint density at radius 1 is 0.683 bits per heavy atom. The van der Waals surface area contributed by atoms with Crippen molar-refractivity contribution in [3.8, 4) is 0 Å². The number of nitrogens with zero attached hydrogens (tertiary/aromatic N) is 3. The van der Waals surface area contributed by atoms with E-state index in [0.717, 1.165) is 19.5 Å². The molecule has 0 spiro atoms. The second kappa shape index (κ2) is 17.8. The fraction of sp³-hybridized carbons (Fsp3) is 0.484. The fourth-order valence-electron chi connectivity index (χ4n) is 4.69. The fourth-order valence-corrected chi connectivity index (χ4v) is 4.69. The molecular formula is C31H43N7O3. The second-order valence-corrected chi connectivity index (χ2v) is 10.1. The lowest BCUT2D eigenvalue weighted by Gasteiger charge is -2.21. The summed E-state index contributed by atoms with van der Waals surface area (Å²) in [6, 6.07) is 19.5. The van der Waals surface area contributed by atoms with E-state index >= 15 is 0 Å². The maximum atomic E-state index is 12.0. The van der Waals surface area contributed by atoms with Gasteiger partial charge in [-0.25, -0.2) is 0 Å². The molecule has 0 saturated heterocycles. The summed E-state index contributed by atoms with van der Waals surface area (Å²) >= 11 is 0. The van der Waals surface area contributed by atoms with Crippen LogP contribution >= 0.6 is 0 Å². The summed E-state index contributed by atoms with van der Waals surface area (Å²) in [5.74, 6) is 2.23. The van der Waals surface area contributed by atoms with Crippen molar-refractivity contribution in [2.75, 3.05) is 68.6 Å². The van der Waals surface area contributed by atoms with Crippen molar-refractivity contribution >= 4 is 23.8 Å². The summed E-state index contributed by atoms with van der Waals surface area (Å²) < 4.78 is 11.2. The number of hydrogen-bond donors (Lipinski definition) is 4. The number of carbonyl (C=O) groups is 1. The first-order valence-electron chi connectivity index (χ1n) is 14.8. The molecule has 10 heteroatoms. The number of nitrogens with one attached hydrogen (secondary N) is 4. The maximum absolute atomic E-state index is 12.0. The number of amides is 1. The highest BCUT2D eigenvalue weighted by atomic mass is 16.5. The van der Waals surface area contributed by atoms with Gasteiger partial charge in [-0.05, 0) is 42.9 Å². The van der Waals surface area contributed by atoms with Crippen molar-refractivity contribution in [3.63, 3.8) is 0 Å². The Kier molecular flexibility index (Phi) is 13.1. The molecular weight excluding hydrogens is 518 g/mol. The molecule has 41 heavy (non-hydrogen) atoms. The van der Waals surface area contributed by atoms with E-state index in [0.29, 0.717) is 68.8 Å². The Morgan fingerprint density at radius 3 is 1.95 bits per heavy atom. The number of benzene rings is 2. The van der Waals surface area contributed by atoms with Crippen molar-refractivity contribution in [2.45, 2.75) is 38.5 Å². The molecule has 0 unspecified atom stereocenters. The predicted molar refractivity (Wildman–Crippen MR) is 162 cm³/mol. The number of hydrogen-bond acceptors (Lipinski definition) is 9. The molecule has 10 nitrogen and oxygen atoms in total. The molecule has 0 radical (unpaired) electrons. The van der Waals surface area contributed by atoms with E-state index < -0.39 is 0 Å². The SMILES string of the molecule is O=C(NCCOCCOCCNc1nc(NCCc2ccccc2)nc(NCC2CCCCC2)n1)c1ccccc1. The molecule has 1 amide bonds. The second-order valence-electron chi connectivity index (χ2n) is 10.1. The standard InChI is InChI=1S/C31H43N7O3/c39-28(27-14-8-3-9-15-27)32-18-20-40-22-23-41-21-19-34-30-36-29(33-17-16-25-10-4-1-5-11-25)37-31(38-30)35-24-26-12-6-2-7-13-26/h1,3-5,8-11,14-15,26H,2,6-7,12-13,16-24H2,(H,32,39)(H3,33,34,35,36,37,38). The van der Waals surface area contributed by atoms with Crippen LogP contribution in [0.3, 0.4) is 0 Å². The number of ether oxygens (including phenoxy) is 2. The lowest BCUT2D eigenvalue weighted by molar-refractivity contribution is 0.0519.